The van der Waals surface area contributed by atoms with Gasteiger partial charge in [-0.15, -0.1) is 0 Å². The number of rotatable bonds is 7. The second kappa shape index (κ2) is 10.5. The van der Waals surface area contributed by atoms with Gasteiger partial charge < -0.3 is 4.74 Å². The molecule has 1 nitrogen and oxygen atoms in total. The van der Waals surface area contributed by atoms with Crippen LogP contribution in [0.1, 0.15) is 61.6 Å². The molecule has 0 heterocycles. The lowest BCUT2D eigenvalue weighted by atomic mass is 9.76. The van der Waals surface area contributed by atoms with Crippen molar-refractivity contribution in [1.29, 1.82) is 0 Å². The van der Waals surface area contributed by atoms with Crippen LogP contribution in [0.15, 0.2) is 54.6 Å². The van der Waals surface area contributed by atoms with Crippen LogP contribution in [0.3, 0.4) is 0 Å². The van der Waals surface area contributed by atoms with Gasteiger partial charge in [-0.05, 0) is 93.0 Å². The van der Waals surface area contributed by atoms with Crippen LogP contribution in [0.2, 0.25) is 0 Å². The zero-order valence-electron chi connectivity index (χ0n) is 19.3. The third-order valence-corrected chi connectivity index (χ3v) is 6.90. The van der Waals surface area contributed by atoms with Gasteiger partial charge in [-0.1, -0.05) is 48.0 Å². The maximum absolute atomic E-state index is 15.0. The summed E-state index contributed by atoms with van der Waals surface area (Å²) in [5.41, 5.74) is 3.56. The van der Waals surface area contributed by atoms with Gasteiger partial charge in [0.25, 0.3) is 0 Å². The van der Waals surface area contributed by atoms with E-state index < -0.39 is 11.6 Å². The minimum absolute atomic E-state index is 0.0470. The molecule has 0 N–H and O–H groups in total. The molecule has 0 saturated heterocycles. The van der Waals surface area contributed by atoms with E-state index in [9.17, 15) is 13.2 Å². The smallest absolute Gasteiger partial charge is 0.166 e. The van der Waals surface area contributed by atoms with Gasteiger partial charge in [0.05, 0.1) is 6.61 Å². The zero-order valence-corrected chi connectivity index (χ0v) is 19.3. The molecule has 0 aromatic heterocycles. The fourth-order valence-corrected chi connectivity index (χ4v) is 4.94. The molecule has 4 heteroatoms. The molecule has 0 unspecified atom stereocenters. The highest BCUT2D eigenvalue weighted by molar-refractivity contribution is 5.65. The Hall–Kier alpha value is -2.75. The molecular formula is C29H31F3O. The second-order valence-electron chi connectivity index (χ2n) is 9.15. The second-order valence-corrected chi connectivity index (χ2v) is 9.15. The van der Waals surface area contributed by atoms with Gasteiger partial charge in [0.15, 0.2) is 23.2 Å². The number of hydrogen-bond acceptors (Lipinski definition) is 1. The summed E-state index contributed by atoms with van der Waals surface area (Å²) < 4.78 is 49.2. The van der Waals surface area contributed by atoms with Crippen LogP contribution in [0.4, 0.5) is 13.2 Å². The standard InChI is InChI=1S/C29H31F3O/c1-3-33-27-17-10-21(18-26(27)30)7-6-20-8-13-23(14-9-20)25-16-15-24(28(31)29(25)32)22-11-4-19(2)5-12-22/h4-5,10-12,15-18,20,23H,3,6-9,13-14H2,1-2H3. The Bertz CT molecular complexity index is 1080. The van der Waals surface area contributed by atoms with E-state index in [1.54, 1.807) is 24.3 Å². The Morgan fingerprint density at radius 2 is 1.58 bits per heavy atom. The summed E-state index contributed by atoms with van der Waals surface area (Å²) in [6.07, 6.45) is 5.44. The molecule has 33 heavy (non-hydrogen) atoms. The number of ether oxygens (including phenoxy) is 1. The lowest BCUT2D eigenvalue weighted by Gasteiger charge is -2.29. The summed E-state index contributed by atoms with van der Waals surface area (Å²) in [6.45, 7) is 4.25. The Labute approximate surface area is 194 Å². The molecule has 0 spiro atoms. The molecule has 1 fully saturated rings. The predicted molar refractivity (Wildman–Crippen MR) is 127 cm³/mol. The van der Waals surface area contributed by atoms with Crippen LogP contribution in [-0.4, -0.2) is 6.61 Å². The Morgan fingerprint density at radius 3 is 2.24 bits per heavy atom. The quantitative estimate of drug-likeness (QED) is 0.350. The third kappa shape index (κ3) is 5.43. The van der Waals surface area contributed by atoms with Crippen molar-refractivity contribution in [2.45, 2.75) is 58.3 Å². The monoisotopic (exact) mass is 452 g/mol. The van der Waals surface area contributed by atoms with E-state index in [1.165, 1.54) is 0 Å². The van der Waals surface area contributed by atoms with Crippen LogP contribution < -0.4 is 4.74 Å². The van der Waals surface area contributed by atoms with E-state index in [0.717, 1.165) is 49.7 Å². The number of aryl methyl sites for hydroxylation is 2. The largest absolute Gasteiger partial charge is 0.491 e. The molecular weight excluding hydrogens is 421 g/mol. The van der Waals surface area contributed by atoms with Gasteiger partial charge in [0, 0.05) is 5.56 Å². The van der Waals surface area contributed by atoms with E-state index in [4.69, 9.17) is 4.74 Å². The van der Waals surface area contributed by atoms with E-state index in [1.807, 2.05) is 44.2 Å². The SMILES string of the molecule is CCOc1ccc(CCC2CCC(c3ccc(-c4ccc(C)cc4)c(F)c3F)CC2)cc1F. The first-order valence-electron chi connectivity index (χ1n) is 11.9. The fourth-order valence-electron chi connectivity index (χ4n) is 4.94. The van der Waals surface area contributed by atoms with E-state index in [0.29, 0.717) is 35.0 Å². The summed E-state index contributed by atoms with van der Waals surface area (Å²) >= 11 is 0. The fraction of sp³-hybridized carbons (Fsp3) is 0.379. The maximum atomic E-state index is 15.0. The van der Waals surface area contributed by atoms with Crippen molar-refractivity contribution in [3.8, 4) is 16.9 Å². The highest BCUT2D eigenvalue weighted by Crippen LogP contribution is 2.40. The summed E-state index contributed by atoms with van der Waals surface area (Å²) in [6, 6.07) is 16.1. The number of hydrogen-bond donors (Lipinski definition) is 0. The average molecular weight is 453 g/mol. The summed E-state index contributed by atoms with van der Waals surface area (Å²) in [5.74, 6) is -0.909. The average Bonchev–Trinajstić information content (AvgIpc) is 2.82. The number of halogens is 3. The first-order valence-corrected chi connectivity index (χ1v) is 11.9. The molecule has 174 valence electrons. The van der Waals surface area contributed by atoms with Gasteiger partial charge in [-0.25, -0.2) is 13.2 Å². The summed E-state index contributed by atoms with van der Waals surface area (Å²) in [5, 5.41) is 0. The van der Waals surface area contributed by atoms with E-state index >= 15 is 0 Å². The normalized spacial score (nSPS) is 18.3. The molecule has 0 radical (unpaired) electrons. The van der Waals surface area contributed by atoms with Crippen molar-refractivity contribution in [2.24, 2.45) is 5.92 Å². The third-order valence-electron chi connectivity index (χ3n) is 6.90. The molecule has 1 aliphatic rings. The molecule has 3 aromatic rings. The minimum atomic E-state index is -0.754. The van der Waals surface area contributed by atoms with Crippen LogP contribution in [0.5, 0.6) is 5.75 Å². The Morgan fingerprint density at radius 1 is 0.848 bits per heavy atom. The molecule has 0 bridgehead atoms. The highest BCUT2D eigenvalue weighted by Gasteiger charge is 2.26. The van der Waals surface area contributed by atoms with Crippen LogP contribution in [0, 0.1) is 30.3 Å². The molecule has 1 saturated carbocycles. The van der Waals surface area contributed by atoms with Crippen LogP contribution in [0.25, 0.3) is 11.1 Å². The first kappa shape index (κ1) is 23.4. The zero-order chi connectivity index (χ0) is 23.4. The van der Waals surface area contributed by atoms with Gasteiger partial charge in [0.1, 0.15) is 0 Å². The van der Waals surface area contributed by atoms with Crippen molar-refractivity contribution in [3.05, 3.63) is 88.7 Å². The van der Waals surface area contributed by atoms with Gasteiger partial charge in [-0.3, -0.25) is 0 Å². The molecule has 1 aliphatic carbocycles. The highest BCUT2D eigenvalue weighted by atomic mass is 19.2. The topological polar surface area (TPSA) is 9.23 Å². The first-order chi connectivity index (χ1) is 16.0. The van der Waals surface area contributed by atoms with Crippen LogP contribution in [-0.2, 0) is 6.42 Å². The minimum Gasteiger partial charge on any atom is -0.491 e. The van der Waals surface area contributed by atoms with Crippen molar-refractivity contribution in [1.82, 2.24) is 0 Å². The van der Waals surface area contributed by atoms with Gasteiger partial charge in [0.2, 0.25) is 0 Å². The number of benzene rings is 3. The van der Waals surface area contributed by atoms with Gasteiger partial charge in [-0.2, -0.15) is 0 Å². The molecule has 0 amide bonds. The summed E-state index contributed by atoms with van der Waals surface area (Å²) in [7, 11) is 0. The Balaban J connectivity index is 1.35. The predicted octanol–water partition coefficient (Wildman–Crippen LogP) is 8.38. The van der Waals surface area contributed by atoms with Crippen LogP contribution >= 0.6 is 0 Å². The van der Waals surface area contributed by atoms with Crippen molar-refractivity contribution in [3.63, 3.8) is 0 Å². The molecule has 0 aliphatic heterocycles. The maximum Gasteiger partial charge on any atom is 0.166 e. The van der Waals surface area contributed by atoms with E-state index in [2.05, 4.69) is 0 Å². The molecule has 3 aromatic carbocycles. The lowest BCUT2D eigenvalue weighted by Crippen LogP contribution is -2.15. The Kier molecular flexibility index (Phi) is 7.42. The van der Waals surface area contributed by atoms with Gasteiger partial charge >= 0.3 is 0 Å². The molecule has 4 rings (SSSR count). The lowest BCUT2D eigenvalue weighted by molar-refractivity contribution is 0.304. The van der Waals surface area contributed by atoms with E-state index in [-0.39, 0.29) is 11.7 Å². The molecule has 0 atom stereocenters. The van der Waals surface area contributed by atoms with Crippen molar-refractivity contribution >= 4 is 0 Å². The van der Waals surface area contributed by atoms with Crippen molar-refractivity contribution < 1.29 is 17.9 Å². The van der Waals surface area contributed by atoms with Crippen molar-refractivity contribution in [2.75, 3.05) is 6.61 Å². The summed E-state index contributed by atoms with van der Waals surface area (Å²) in [4.78, 5) is 0.